The monoisotopic (exact) mass is 259 g/mol. The SMILES string of the molecule is CC#CCOc1ncccc1-c1cc(F)cc(F)c1. The van der Waals surface area contributed by atoms with Crippen molar-refractivity contribution in [1.82, 2.24) is 4.98 Å². The maximum atomic E-state index is 13.2. The molecule has 96 valence electrons. The Morgan fingerprint density at radius 3 is 2.63 bits per heavy atom. The summed E-state index contributed by atoms with van der Waals surface area (Å²) in [6.45, 7) is 1.88. The van der Waals surface area contributed by atoms with Crippen molar-refractivity contribution in [2.75, 3.05) is 6.61 Å². The van der Waals surface area contributed by atoms with Crippen molar-refractivity contribution >= 4 is 0 Å². The fraction of sp³-hybridized carbons (Fsp3) is 0.133. The van der Waals surface area contributed by atoms with Gasteiger partial charge in [-0.15, -0.1) is 5.92 Å². The Morgan fingerprint density at radius 2 is 1.95 bits per heavy atom. The Bertz CT molecular complexity index is 624. The Kier molecular flexibility index (Phi) is 4.09. The smallest absolute Gasteiger partial charge is 0.222 e. The zero-order valence-corrected chi connectivity index (χ0v) is 10.3. The second-order valence-corrected chi connectivity index (χ2v) is 3.73. The van der Waals surface area contributed by atoms with Gasteiger partial charge in [-0.25, -0.2) is 13.8 Å². The zero-order valence-electron chi connectivity index (χ0n) is 10.3. The molecule has 1 aromatic carbocycles. The minimum absolute atomic E-state index is 0.179. The van der Waals surface area contributed by atoms with Gasteiger partial charge >= 0.3 is 0 Å². The summed E-state index contributed by atoms with van der Waals surface area (Å²) in [5.41, 5.74) is 0.906. The number of ether oxygens (including phenoxy) is 1. The van der Waals surface area contributed by atoms with Gasteiger partial charge in [0.1, 0.15) is 11.6 Å². The van der Waals surface area contributed by atoms with Crippen LogP contribution in [0.25, 0.3) is 11.1 Å². The number of pyridine rings is 1. The van der Waals surface area contributed by atoms with E-state index in [0.29, 0.717) is 17.0 Å². The third-order valence-electron chi connectivity index (χ3n) is 2.40. The highest BCUT2D eigenvalue weighted by Crippen LogP contribution is 2.28. The van der Waals surface area contributed by atoms with Gasteiger partial charge in [0.25, 0.3) is 0 Å². The highest BCUT2D eigenvalue weighted by molar-refractivity contribution is 5.68. The average molecular weight is 259 g/mol. The summed E-state index contributed by atoms with van der Waals surface area (Å²) in [6.07, 6.45) is 1.55. The summed E-state index contributed by atoms with van der Waals surface area (Å²) in [6, 6.07) is 6.66. The molecule has 1 aromatic heterocycles. The van der Waals surface area contributed by atoms with E-state index in [1.165, 1.54) is 12.1 Å². The lowest BCUT2D eigenvalue weighted by Gasteiger charge is -2.08. The fourth-order valence-corrected chi connectivity index (χ4v) is 1.61. The van der Waals surface area contributed by atoms with Crippen LogP contribution in [0.5, 0.6) is 5.88 Å². The van der Waals surface area contributed by atoms with Gasteiger partial charge in [0.05, 0.1) is 0 Å². The molecule has 2 nitrogen and oxygen atoms in total. The van der Waals surface area contributed by atoms with Crippen LogP contribution in [0.4, 0.5) is 8.78 Å². The van der Waals surface area contributed by atoms with Crippen LogP contribution in [0.15, 0.2) is 36.5 Å². The summed E-state index contributed by atoms with van der Waals surface area (Å²) in [4.78, 5) is 4.05. The van der Waals surface area contributed by atoms with Crippen molar-refractivity contribution in [2.45, 2.75) is 6.92 Å². The molecule has 0 unspecified atom stereocenters. The van der Waals surface area contributed by atoms with E-state index in [-0.39, 0.29) is 6.61 Å². The van der Waals surface area contributed by atoms with Crippen molar-refractivity contribution in [3.05, 3.63) is 48.2 Å². The molecule has 1 heterocycles. The molecule has 0 aliphatic heterocycles. The van der Waals surface area contributed by atoms with E-state index >= 15 is 0 Å². The molecule has 0 bridgehead atoms. The average Bonchev–Trinajstić information content (AvgIpc) is 2.38. The summed E-state index contributed by atoms with van der Waals surface area (Å²) in [5, 5.41) is 0. The third-order valence-corrected chi connectivity index (χ3v) is 2.40. The molecule has 0 aliphatic carbocycles. The molecule has 2 rings (SSSR count). The van der Waals surface area contributed by atoms with E-state index in [1.807, 2.05) is 0 Å². The van der Waals surface area contributed by atoms with Crippen LogP contribution in [0.1, 0.15) is 6.92 Å². The molecule has 0 amide bonds. The van der Waals surface area contributed by atoms with Gasteiger partial charge in [0.15, 0.2) is 6.61 Å². The van der Waals surface area contributed by atoms with Gasteiger partial charge < -0.3 is 4.74 Å². The highest BCUT2D eigenvalue weighted by Gasteiger charge is 2.09. The Morgan fingerprint density at radius 1 is 1.21 bits per heavy atom. The first-order chi connectivity index (χ1) is 9.20. The van der Waals surface area contributed by atoms with Crippen molar-refractivity contribution in [3.8, 4) is 28.8 Å². The van der Waals surface area contributed by atoms with E-state index < -0.39 is 11.6 Å². The maximum absolute atomic E-state index is 13.2. The second-order valence-electron chi connectivity index (χ2n) is 3.73. The number of aromatic nitrogens is 1. The van der Waals surface area contributed by atoms with Crippen LogP contribution in [0.3, 0.4) is 0 Å². The first-order valence-electron chi connectivity index (χ1n) is 5.64. The molecule has 0 saturated heterocycles. The van der Waals surface area contributed by atoms with E-state index in [0.717, 1.165) is 6.07 Å². The number of hydrogen-bond acceptors (Lipinski definition) is 2. The highest BCUT2D eigenvalue weighted by atomic mass is 19.1. The third kappa shape index (κ3) is 3.29. The second kappa shape index (κ2) is 5.96. The van der Waals surface area contributed by atoms with Crippen LogP contribution in [0, 0.1) is 23.5 Å². The lowest BCUT2D eigenvalue weighted by atomic mass is 10.1. The molecule has 0 atom stereocenters. The molecule has 0 radical (unpaired) electrons. The van der Waals surface area contributed by atoms with Crippen LogP contribution >= 0.6 is 0 Å². The van der Waals surface area contributed by atoms with Gasteiger partial charge in [0, 0.05) is 17.8 Å². The van der Waals surface area contributed by atoms with Crippen molar-refractivity contribution < 1.29 is 13.5 Å². The topological polar surface area (TPSA) is 22.1 Å². The maximum Gasteiger partial charge on any atom is 0.222 e. The number of nitrogens with zero attached hydrogens (tertiary/aromatic N) is 1. The summed E-state index contributed by atoms with van der Waals surface area (Å²) < 4.78 is 31.8. The standard InChI is InChI=1S/C15H11F2NO/c1-2-3-7-19-15-14(5-4-6-18-15)11-8-12(16)10-13(17)9-11/h4-6,8-10H,7H2,1H3. The van der Waals surface area contributed by atoms with E-state index in [2.05, 4.69) is 16.8 Å². The van der Waals surface area contributed by atoms with E-state index in [4.69, 9.17) is 4.74 Å². The largest absolute Gasteiger partial charge is 0.464 e. The quantitative estimate of drug-likeness (QED) is 0.788. The number of halogens is 2. The first kappa shape index (κ1) is 13.0. The Hall–Kier alpha value is -2.41. The van der Waals surface area contributed by atoms with Gasteiger partial charge in [-0.2, -0.15) is 0 Å². The Labute approximate surface area is 110 Å². The zero-order chi connectivity index (χ0) is 13.7. The molecule has 4 heteroatoms. The number of benzene rings is 1. The molecule has 0 spiro atoms. The van der Waals surface area contributed by atoms with Crippen molar-refractivity contribution in [2.24, 2.45) is 0 Å². The lowest BCUT2D eigenvalue weighted by Crippen LogP contribution is -1.98. The molecular weight excluding hydrogens is 248 g/mol. The summed E-state index contributed by atoms with van der Waals surface area (Å²) in [7, 11) is 0. The lowest BCUT2D eigenvalue weighted by molar-refractivity contribution is 0.357. The van der Waals surface area contributed by atoms with Crippen LogP contribution in [-0.2, 0) is 0 Å². The predicted octanol–water partition coefficient (Wildman–Crippen LogP) is 3.43. The van der Waals surface area contributed by atoms with E-state index in [9.17, 15) is 8.78 Å². The molecular formula is C15H11F2NO. The van der Waals surface area contributed by atoms with Gasteiger partial charge in [-0.3, -0.25) is 0 Å². The van der Waals surface area contributed by atoms with Crippen LogP contribution in [0.2, 0.25) is 0 Å². The van der Waals surface area contributed by atoms with Gasteiger partial charge in [0.2, 0.25) is 5.88 Å². The molecule has 0 fully saturated rings. The normalized spacial score (nSPS) is 9.63. The molecule has 0 aliphatic rings. The van der Waals surface area contributed by atoms with E-state index in [1.54, 1.807) is 25.3 Å². The number of hydrogen-bond donors (Lipinski definition) is 0. The number of rotatable bonds is 3. The first-order valence-corrected chi connectivity index (χ1v) is 5.64. The van der Waals surface area contributed by atoms with Gasteiger partial charge in [-0.1, -0.05) is 5.92 Å². The molecule has 2 aromatic rings. The Balaban J connectivity index is 2.39. The summed E-state index contributed by atoms with van der Waals surface area (Å²) >= 11 is 0. The minimum atomic E-state index is -0.641. The molecule has 0 N–H and O–H groups in total. The van der Waals surface area contributed by atoms with Gasteiger partial charge in [-0.05, 0) is 36.8 Å². The fourth-order valence-electron chi connectivity index (χ4n) is 1.61. The van der Waals surface area contributed by atoms with Crippen LogP contribution < -0.4 is 4.74 Å². The van der Waals surface area contributed by atoms with Crippen LogP contribution in [-0.4, -0.2) is 11.6 Å². The molecule has 0 saturated carbocycles. The van der Waals surface area contributed by atoms with Crippen molar-refractivity contribution in [1.29, 1.82) is 0 Å². The van der Waals surface area contributed by atoms with Crippen molar-refractivity contribution in [3.63, 3.8) is 0 Å². The molecule has 19 heavy (non-hydrogen) atoms. The summed E-state index contributed by atoms with van der Waals surface area (Å²) in [5.74, 6) is 4.45. The predicted molar refractivity (Wildman–Crippen MR) is 68.5 cm³/mol. The minimum Gasteiger partial charge on any atom is -0.464 e.